The number of carbonyl (C=O) groups is 1. The van der Waals surface area contributed by atoms with Gasteiger partial charge in [-0.2, -0.15) is 0 Å². The molecule has 0 fully saturated rings. The van der Waals surface area contributed by atoms with Crippen molar-refractivity contribution in [2.24, 2.45) is 5.11 Å². The SMILES string of the molecule is CC(=O)Oc1ccc(C(CN(S(=O)(=O)c2ccccc2)S(=O)(=O)c2ccccc2)N=[N+]=[N-])cc1. The summed E-state index contributed by atoms with van der Waals surface area (Å²) in [5.41, 5.74) is 9.42. The van der Waals surface area contributed by atoms with E-state index in [1.807, 2.05) is 0 Å². The molecule has 12 heteroatoms. The van der Waals surface area contributed by atoms with E-state index in [1.54, 1.807) is 12.1 Å². The monoisotopic (exact) mass is 500 g/mol. The third kappa shape index (κ3) is 5.61. The fraction of sp³-hybridized carbons (Fsp3) is 0.136. The summed E-state index contributed by atoms with van der Waals surface area (Å²) in [5, 5.41) is 3.64. The molecule has 0 N–H and O–H groups in total. The molecule has 0 heterocycles. The zero-order valence-corrected chi connectivity index (χ0v) is 19.6. The zero-order valence-electron chi connectivity index (χ0n) is 17.9. The molecular weight excluding hydrogens is 480 g/mol. The van der Waals surface area contributed by atoms with Gasteiger partial charge in [0.2, 0.25) is 0 Å². The van der Waals surface area contributed by atoms with Gasteiger partial charge in [0.25, 0.3) is 20.0 Å². The summed E-state index contributed by atoms with van der Waals surface area (Å²) in [6.07, 6.45) is 0. The number of ether oxygens (including phenoxy) is 1. The predicted octanol–water partition coefficient (Wildman–Crippen LogP) is 4.04. The van der Waals surface area contributed by atoms with Crippen LogP contribution in [0.25, 0.3) is 10.4 Å². The fourth-order valence-electron chi connectivity index (χ4n) is 3.08. The predicted molar refractivity (Wildman–Crippen MR) is 124 cm³/mol. The topological polar surface area (TPSA) is 147 Å². The summed E-state index contributed by atoms with van der Waals surface area (Å²) < 4.78 is 59.1. The highest BCUT2D eigenvalue weighted by molar-refractivity contribution is 8.04. The molecule has 0 aliphatic rings. The summed E-state index contributed by atoms with van der Waals surface area (Å²) >= 11 is 0. The third-order valence-corrected chi connectivity index (χ3v) is 8.94. The Hall–Kier alpha value is -3.70. The van der Waals surface area contributed by atoms with Gasteiger partial charge in [0.15, 0.2) is 0 Å². The normalized spacial score (nSPS) is 12.5. The van der Waals surface area contributed by atoms with Crippen LogP contribution >= 0.6 is 0 Å². The lowest BCUT2D eigenvalue weighted by Gasteiger charge is -2.25. The Kier molecular flexibility index (Phi) is 7.69. The van der Waals surface area contributed by atoms with Gasteiger partial charge in [-0.1, -0.05) is 57.4 Å². The van der Waals surface area contributed by atoms with Crippen LogP contribution in [-0.2, 0) is 24.8 Å². The lowest BCUT2D eigenvalue weighted by molar-refractivity contribution is -0.131. The van der Waals surface area contributed by atoms with Crippen molar-refractivity contribution in [3.8, 4) is 5.75 Å². The molecule has 176 valence electrons. The van der Waals surface area contributed by atoms with Gasteiger partial charge in [0.1, 0.15) is 5.75 Å². The molecule has 0 saturated carbocycles. The van der Waals surface area contributed by atoms with Crippen LogP contribution in [0.15, 0.2) is 99.8 Å². The molecule has 0 aliphatic heterocycles. The van der Waals surface area contributed by atoms with Crippen LogP contribution in [0.1, 0.15) is 18.5 Å². The van der Waals surface area contributed by atoms with Crippen molar-refractivity contribution < 1.29 is 26.4 Å². The average Bonchev–Trinajstić information content (AvgIpc) is 2.83. The number of benzene rings is 3. The third-order valence-electron chi connectivity index (χ3n) is 4.66. The van der Waals surface area contributed by atoms with Crippen LogP contribution in [0.5, 0.6) is 5.75 Å². The summed E-state index contributed by atoms with van der Waals surface area (Å²) in [4.78, 5) is 13.4. The van der Waals surface area contributed by atoms with E-state index in [9.17, 15) is 21.6 Å². The van der Waals surface area contributed by atoms with Crippen LogP contribution in [-0.4, -0.2) is 33.1 Å². The first-order valence-corrected chi connectivity index (χ1v) is 12.7. The van der Waals surface area contributed by atoms with Crippen LogP contribution in [0.2, 0.25) is 0 Å². The van der Waals surface area contributed by atoms with Gasteiger partial charge in [-0.15, -0.1) is 0 Å². The molecule has 1 unspecified atom stereocenters. The van der Waals surface area contributed by atoms with E-state index in [0.29, 0.717) is 9.27 Å². The van der Waals surface area contributed by atoms with Crippen LogP contribution in [0.4, 0.5) is 0 Å². The van der Waals surface area contributed by atoms with Crippen molar-refractivity contribution in [2.45, 2.75) is 22.8 Å². The average molecular weight is 501 g/mol. The second kappa shape index (κ2) is 10.5. The maximum atomic E-state index is 13.5. The Morgan fingerprint density at radius 1 is 0.882 bits per heavy atom. The number of sulfonamides is 2. The van der Waals surface area contributed by atoms with Gasteiger partial charge in [-0.25, -0.2) is 16.8 Å². The maximum absolute atomic E-state index is 13.5. The molecular formula is C22H20N4O6S2. The molecule has 0 saturated heterocycles. The standard InChI is InChI=1S/C22H20N4O6S2/c1-17(27)32-19-14-12-18(13-15-19)22(24-25-23)16-26(33(28,29)20-8-4-2-5-9-20)34(30,31)21-10-6-3-7-11-21/h2-15,22H,16H2,1H3. The number of esters is 1. The number of rotatable bonds is 9. The molecule has 3 aromatic carbocycles. The number of carbonyl (C=O) groups excluding carboxylic acids is 1. The van der Waals surface area contributed by atoms with Gasteiger partial charge in [0, 0.05) is 18.4 Å². The van der Waals surface area contributed by atoms with E-state index in [2.05, 4.69) is 10.0 Å². The quantitative estimate of drug-likeness (QED) is 0.142. The molecule has 0 bridgehead atoms. The molecule has 0 amide bonds. The first kappa shape index (κ1) is 24.9. The van der Waals surface area contributed by atoms with E-state index in [1.165, 1.54) is 79.7 Å². The minimum absolute atomic E-state index is 0.224. The van der Waals surface area contributed by atoms with Crippen molar-refractivity contribution in [3.05, 3.63) is 101 Å². The van der Waals surface area contributed by atoms with Crippen molar-refractivity contribution in [1.82, 2.24) is 3.71 Å². The number of azide groups is 1. The van der Waals surface area contributed by atoms with Gasteiger partial charge in [-0.3, -0.25) is 4.79 Å². The number of nitrogens with zero attached hydrogens (tertiary/aromatic N) is 4. The van der Waals surface area contributed by atoms with Crippen LogP contribution in [0, 0.1) is 0 Å². The Morgan fingerprint density at radius 3 is 1.76 bits per heavy atom. The summed E-state index contributed by atoms with van der Waals surface area (Å²) in [6.45, 7) is 0.545. The summed E-state index contributed by atoms with van der Waals surface area (Å²) in [5.74, 6) is -0.310. The second-order valence-electron chi connectivity index (χ2n) is 6.97. The molecule has 1 atom stereocenters. The lowest BCUT2D eigenvalue weighted by Crippen LogP contribution is -2.39. The smallest absolute Gasteiger partial charge is 0.308 e. The number of hydrogen-bond donors (Lipinski definition) is 0. The molecule has 0 aromatic heterocycles. The lowest BCUT2D eigenvalue weighted by atomic mass is 10.1. The fourth-order valence-corrected chi connectivity index (χ4v) is 6.78. The van der Waals surface area contributed by atoms with E-state index < -0.39 is 38.6 Å². The van der Waals surface area contributed by atoms with E-state index in [0.717, 1.165) is 0 Å². The van der Waals surface area contributed by atoms with E-state index >= 15 is 0 Å². The Balaban J connectivity index is 2.10. The van der Waals surface area contributed by atoms with E-state index in [-0.39, 0.29) is 15.5 Å². The molecule has 0 radical (unpaired) electrons. The Labute approximate surface area is 197 Å². The molecule has 0 aliphatic carbocycles. The Morgan fingerprint density at radius 2 is 1.35 bits per heavy atom. The van der Waals surface area contributed by atoms with Crippen molar-refractivity contribution >= 4 is 26.0 Å². The zero-order chi connectivity index (χ0) is 24.8. The van der Waals surface area contributed by atoms with Crippen molar-refractivity contribution in [1.29, 1.82) is 0 Å². The second-order valence-corrected chi connectivity index (χ2v) is 10.9. The van der Waals surface area contributed by atoms with Crippen LogP contribution < -0.4 is 4.74 Å². The largest absolute Gasteiger partial charge is 0.427 e. The highest BCUT2D eigenvalue weighted by Crippen LogP contribution is 2.30. The van der Waals surface area contributed by atoms with Crippen molar-refractivity contribution in [3.63, 3.8) is 0 Å². The molecule has 3 aromatic rings. The van der Waals surface area contributed by atoms with E-state index in [4.69, 9.17) is 10.3 Å². The first-order chi connectivity index (χ1) is 16.2. The molecule has 34 heavy (non-hydrogen) atoms. The Bertz CT molecular complexity index is 1340. The number of hydrogen-bond acceptors (Lipinski definition) is 7. The first-order valence-electron chi connectivity index (χ1n) is 9.87. The van der Waals surface area contributed by atoms with Gasteiger partial charge in [-0.05, 0) is 47.5 Å². The molecule has 3 rings (SSSR count). The molecule has 10 nitrogen and oxygen atoms in total. The highest BCUT2D eigenvalue weighted by Gasteiger charge is 2.38. The maximum Gasteiger partial charge on any atom is 0.308 e. The summed E-state index contributed by atoms with van der Waals surface area (Å²) in [6, 6.07) is 18.8. The van der Waals surface area contributed by atoms with Gasteiger partial charge in [0.05, 0.1) is 15.8 Å². The highest BCUT2D eigenvalue weighted by atomic mass is 32.3. The molecule has 0 spiro atoms. The minimum Gasteiger partial charge on any atom is -0.427 e. The van der Waals surface area contributed by atoms with Crippen molar-refractivity contribution in [2.75, 3.05) is 6.54 Å². The summed E-state index contributed by atoms with van der Waals surface area (Å²) in [7, 11) is -9.12. The van der Waals surface area contributed by atoms with Crippen LogP contribution in [0.3, 0.4) is 0 Å². The van der Waals surface area contributed by atoms with Gasteiger partial charge >= 0.3 is 5.97 Å². The minimum atomic E-state index is -4.56. The van der Waals surface area contributed by atoms with Gasteiger partial charge < -0.3 is 4.74 Å².